The Morgan fingerprint density at radius 1 is 1.00 bits per heavy atom. The van der Waals surface area contributed by atoms with Gasteiger partial charge in [-0.3, -0.25) is 14.4 Å². The number of aliphatic carboxylic acids is 1. The van der Waals surface area contributed by atoms with Crippen LogP contribution in [0.4, 0.5) is 0 Å². The maximum atomic E-state index is 12.8. The fourth-order valence-electron chi connectivity index (χ4n) is 3.52. The Balaban J connectivity index is 2.09. The van der Waals surface area contributed by atoms with E-state index in [2.05, 4.69) is 33.6 Å². The van der Waals surface area contributed by atoms with Gasteiger partial charge in [0.05, 0.1) is 12.6 Å². The lowest BCUT2D eigenvalue weighted by molar-refractivity contribution is -0.142. The monoisotopic (exact) mass is 507 g/mol. The van der Waals surface area contributed by atoms with Crippen molar-refractivity contribution in [2.24, 2.45) is 11.7 Å². The molecular formula is C23H33N5O6S. The summed E-state index contributed by atoms with van der Waals surface area (Å²) in [4.78, 5) is 52.6. The van der Waals surface area contributed by atoms with Crippen molar-refractivity contribution in [3.05, 3.63) is 36.0 Å². The number of carboxylic acid groups (broad SMARTS) is 1. The summed E-state index contributed by atoms with van der Waals surface area (Å²) in [7, 11) is 0. The maximum Gasteiger partial charge on any atom is 0.326 e. The first kappa shape index (κ1) is 28.1. The van der Waals surface area contributed by atoms with Gasteiger partial charge < -0.3 is 36.9 Å². The van der Waals surface area contributed by atoms with Crippen molar-refractivity contribution >= 4 is 47.2 Å². The summed E-state index contributed by atoms with van der Waals surface area (Å²) >= 11 is 3.97. The number of carbonyl (C=O) groups excluding carboxylic acids is 3. The number of aromatic amines is 1. The number of nitrogens with one attached hydrogen (secondary N) is 4. The molecule has 192 valence electrons. The van der Waals surface area contributed by atoms with E-state index in [4.69, 9.17) is 5.73 Å². The van der Waals surface area contributed by atoms with Gasteiger partial charge in [0.1, 0.15) is 18.1 Å². The number of amides is 3. The first-order valence-corrected chi connectivity index (χ1v) is 11.9. The highest BCUT2D eigenvalue weighted by Gasteiger charge is 2.30. The number of hydrogen-bond donors (Lipinski definition) is 8. The van der Waals surface area contributed by atoms with Gasteiger partial charge in [-0.1, -0.05) is 32.0 Å². The van der Waals surface area contributed by atoms with Crippen LogP contribution < -0.4 is 21.7 Å². The van der Waals surface area contributed by atoms with Crippen LogP contribution in [0, 0.1) is 5.92 Å². The van der Waals surface area contributed by atoms with Gasteiger partial charge in [-0.15, -0.1) is 0 Å². The van der Waals surface area contributed by atoms with Crippen LogP contribution in [0.25, 0.3) is 10.9 Å². The van der Waals surface area contributed by atoms with Crippen molar-refractivity contribution in [1.82, 2.24) is 20.9 Å². The molecule has 0 aliphatic carbocycles. The van der Waals surface area contributed by atoms with Crippen LogP contribution in [0.15, 0.2) is 30.5 Å². The molecule has 0 fully saturated rings. The normalized spacial score (nSPS) is 14.7. The largest absolute Gasteiger partial charge is 0.480 e. The van der Waals surface area contributed by atoms with E-state index >= 15 is 0 Å². The van der Waals surface area contributed by atoms with Crippen molar-refractivity contribution in [3.8, 4) is 0 Å². The first-order valence-electron chi connectivity index (χ1n) is 11.2. The SMILES string of the molecule is CC(C)CC(NC(=O)C(N)CS)C(=O)NC(CO)C(=O)NC(Cc1c[nH]c2ccccc12)C(=O)O. The number of benzene rings is 1. The van der Waals surface area contributed by atoms with Crippen molar-refractivity contribution in [2.45, 2.75) is 50.9 Å². The maximum absolute atomic E-state index is 12.8. The molecule has 11 nitrogen and oxygen atoms in total. The predicted octanol–water partition coefficient (Wildman–Crippen LogP) is -0.455. The minimum absolute atomic E-state index is 0.00910. The van der Waals surface area contributed by atoms with Crippen LogP contribution in [-0.2, 0) is 25.6 Å². The summed E-state index contributed by atoms with van der Waals surface area (Å²) < 4.78 is 0. The highest BCUT2D eigenvalue weighted by Crippen LogP contribution is 2.19. The predicted molar refractivity (Wildman–Crippen MR) is 134 cm³/mol. The first-order chi connectivity index (χ1) is 16.6. The quantitative estimate of drug-likeness (QED) is 0.169. The third kappa shape index (κ3) is 7.98. The lowest BCUT2D eigenvalue weighted by Gasteiger charge is -2.25. The third-order valence-electron chi connectivity index (χ3n) is 5.40. The van der Waals surface area contributed by atoms with Gasteiger partial charge in [0.15, 0.2) is 0 Å². The number of para-hydroxylation sites is 1. The average molecular weight is 508 g/mol. The Kier molecular flexibility index (Phi) is 10.6. The van der Waals surface area contributed by atoms with E-state index in [1.807, 2.05) is 38.1 Å². The Hall–Kier alpha value is -3.09. The smallest absolute Gasteiger partial charge is 0.326 e. The van der Waals surface area contributed by atoms with Crippen LogP contribution in [0.3, 0.4) is 0 Å². The van der Waals surface area contributed by atoms with Gasteiger partial charge in [-0.2, -0.15) is 12.6 Å². The van der Waals surface area contributed by atoms with E-state index in [9.17, 15) is 29.4 Å². The van der Waals surface area contributed by atoms with Crippen LogP contribution in [0.5, 0.6) is 0 Å². The topological polar surface area (TPSA) is 187 Å². The molecule has 1 heterocycles. The second kappa shape index (κ2) is 13.1. The molecule has 0 saturated heterocycles. The number of hydrogen-bond acceptors (Lipinski definition) is 7. The van der Waals surface area contributed by atoms with Crippen molar-refractivity contribution in [2.75, 3.05) is 12.4 Å². The summed E-state index contributed by atoms with van der Waals surface area (Å²) in [6.45, 7) is 2.93. The molecule has 4 unspecified atom stereocenters. The van der Waals surface area contributed by atoms with E-state index in [0.29, 0.717) is 5.56 Å². The molecule has 35 heavy (non-hydrogen) atoms. The van der Waals surface area contributed by atoms with Crippen molar-refractivity contribution < 1.29 is 29.4 Å². The van der Waals surface area contributed by atoms with Gasteiger partial charge >= 0.3 is 5.97 Å². The standard InChI is InChI=1S/C23H33N5O6S/c1-12(2)7-17(26-20(30)15(24)11-35)21(31)28-19(10-29)22(32)27-18(23(33)34)8-13-9-25-16-6-4-3-5-14(13)16/h3-6,9,12,15,17-19,25,29,35H,7-8,10-11,24H2,1-2H3,(H,26,30)(H,27,32)(H,28,31)(H,33,34). The zero-order chi connectivity index (χ0) is 26.1. The van der Waals surface area contributed by atoms with E-state index in [1.165, 1.54) is 0 Å². The summed E-state index contributed by atoms with van der Waals surface area (Å²) in [6.07, 6.45) is 1.92. The van der Waals surface area contributed by atoms with Gasteiger partial charge in [0.2, 0.25) is 17.7 Å². The number of carbonyl (C=O) groups is 4. The number of H-pyrrole nitrogens is 1. The van der Waals surface area contributed by atoms with E-state index in [1.54, 1.807) is 6.20 Å². The molecule has 0 aliphatic rings. The number of carboxylic acids is 1. The number of aliphatic hydroxyl groups is 1. The molecule has 1 aromatic carbocycles. The molecule has 0 radical (unpaired) electrons. The average Bonchev–Trinajstić information content (AvgIpc) is 3.23. The minimum atomic E-state index is -1.42. The molecule has 0 bridgehead atoms. The summed E-state index contributed by atoms with van der Waals surface area (Å²) in [5, 5.41) is 27.5. The fraction of sp³-hybridized carbons (Fsp3) is 0.478. The number of nitrogens with two attached hydrogens (primary N) is 1. The van der Waals surface area contributed by atoms with Gasteiger partial charge in [0.25, 0.3) is 0 Å². The Morgan fingerprint density at radius 3 is 2.20 bits per heavy atom. The van der Waals surface area contributed by atoms with Crippen LogP contribution in [-0.4, -0.2) is 75.4 Å². The number of fused-ring (bicyclic) bond motifs is 1. The molecular weight excluding hydrogens is 474 g/mol. The lowest BCUT2D eigenvalue weighted by atomic mass is 10.0. The lowest BCUT2D eigenvalue weighted by Crippen LogP contribution is -2.58. The zero-order valence-electron chi connectivity index (χ0n) is 19.7. The summed E-state index contributed by atoms with van der Waals surface area (Å²) in [6, 6.07) is 2.71. The van der Waals surface area contributed by atoms with E-state index in [0.717, 1.165) is 10.9 Å². The van der Waals surface area contributed by atoms with Crippen LogP contribution in [0.1, 0.15) is 25.8 Å². The minimum Gasteiger partial charge on any atom is -0.480 e. The molecule has 1 aromatic heterocycles. The number of thiol groups is 1. The van der Waals surface area contributed by atoms with Gasteiger partial charge in [-0.25, -0.2) is 4.79 Å². The Bertz CT molecular complexity index is 1040. The molecule has 3 amide bonds. The molecule has 12 heteroatoms. The van der Waals surface area contributed by atoms with Crippen molar-refractivity contribution in [3.63, 3.8) is 0 Å². The van der Waals surface area contributed by atoms with E-state index in [-0.39, 0.29) is 24.5 Å². The van der Waals surface area contributed by atoms with Gasteiger partial charge in [0, 0.05) is 29.3 Å². The summed E-state index contributed by atoms with van der Waals surface area (Å²) in [5.41, 5.74) is 7.18. The molecule has 0 spiro atoms. The zero-order valence-corrected chi connectivity index (χ0v) is 20.5. The second-order valence-corrected chi connectivity index (χ2v) is 9.05. The Labute approximate surface area is 208 Å². The highest BCUT2D eigenvalue weighted by atomic mass is 32.1. The highest BCUT2D eigenvalue weighted by molar-refractivity contribution is 7.80. The van der Waals surface area contributed by atoms with Crippen molar-refractivity contribution in [1.29, 1.82) is 0 Å². The fourth-order valence-corrected chi connectivity index (χ4v) is 3.69. The van der Waals surface area contributed by atoms with Crippen LogP contribution in [0.2, 0.25) is 0 Å². The Morgan fingerprint density at radius 2 is 1.60 bits per heavy atom. The van der Waals surface area contributed by atoms with Crippen LogP contribution >= 0.6 is 12.6 Å². The van der Waals surface area contributed by atoms with Gasteiger partial charge in [-0.05, 0) is 24.0 Å². The third-order valence-corrected chi connectivity index (χ3v) is 5.80. The summed E-state index contributed by atoms with van der Waals surface area (Å²) in [5.74, 6) is -3.30. The second-order valence-electron chi connectivity index (χ2n) is 8.69. The molecule has 2 rings (SSSR count). The molecule has 4 atom stereocenters. The molecule has 0 saturated carbocycles. The number of aliphatic hydroxyl groups excluding tert-OH is 1. The number of rotatable bonds is 13. The molecule has 0 aliphatic heterocycles. The number of aromatic nitrogens is 1. The molecule has 2 aromatic rings. The molecule has 8 N–H and O–H groups in total. The van der Waals surface area contributed by atoms with E-state index < -0.39 is 54.5 Å².